The topological polar surface area (TPSA) is 79.3 Å². The molecule has 0 bridgehead atoms. The van der Waals surface area contributed by atoms with E-state index in [0.29, 0.717) is 35.7 Å². The second kappa shape index (κ2) is 9.87. The van der Waals surface area contributed by atoms with Crippen molar-refractivity contribution in [3.8, 4) is 11.5 Å². The Balaban J connectivity index is 2.09. The van der Waals surface area contributed by atoms with Gasteiger partial charge in [-0.2, -0.15) is 0 Å². The average Bonchev–Trinajstić information content (AvgIpc) is 3.02. The quantitative estimate of drug-likeness (QED) is 0.386. The number of aliphatic hydroxyl groups is 1. The number of nitrogens with zero attached hydrogens (tertiary/aromatic N) is 2. The molecule has 0 unspecified atom stereocenters. The average molecular weight is 439 g/mol. The first-order valence-corrected chi connectivity index (χ1v) is 10.6. The SMILES string of the molecule is COc1cccc([C@@H]2/C(=C(\O)c3ccc(OC(C)C)cc3)C(=O)C(=O)N2CCN(C)C)c1. The lowest BCUT2D eigenvalue weighted by atomic mass is 9.95. The Morgan fingerprint density at radius 1 is 1.09 bits per heavy atom. The van der Waals surface area contributed by atoms with Crippen molar-refractivity contribution in [1.29, 1.82) is 0 Å². The summed E-state index contributed by atoms with van der Waals surface area (Å²) < 4.78 is 11.0. The molecule has 2 aromatic rings. The Labute approximate surface area is 188 Å². The van der Waals surface area contributed by atoms with E-state index in [0.717, 1.165) is 0 Å². The fraction of sp³-hybridized carbons (Fsp3) is 0.360. The number of hydrogen-bond donors (Lipinski definition) is 1. The van der Waals surface area contributed by atoms with Gasteiger partial charge in [0.1, 0.15) is 17.3 Å². The van der Waals surface area contributed by atoms with Gasteiger partial charge in [0.05, 0.1) is 24.8 Å². The Morgan fingerprint density at radius 2 is 1.78 bits per heavy atom. The summed E-state index contributed by atoms with van der Waals surface area (Å²) in [5.41, 5.74) is 1.21. The van der Waals surface area contributed by atoms with E-state index in [1.54, 1.807) is 49.6 Å². The van der Waals surface area contributed by atoms with Crippen molar-refractivity contribution in [2.45, 2.75) is 26.0 Å². The van der Waals surface area contributed by atoms with Gasteiger partial charge in [-0.15, -0.1) is 0 Å². The molecule has 1 aliphatic heterocycles. The molecule has 1 atom stereocenters. The molecule has 0 saturated carbocycles. The summed E-state index contributed by atoms with van der Waals surface area (Å²) in [6, 6.07) is 13.3. The lowest BCUT2D eigenvalue weighted by Gasteiger charge is -2.26. The van der Waals surface area contributed by atoms with Crippen molar-refractivity contribution in [3.63, 3.8) is 0 Å². The van der Waals surface area contributed by atoms with E-state index >= 15 is 0 Å². The molecule has 7 nitrogen and oxygen atoms in total. The normalized spacial score (nSPS) is 18.0. The smallest absolute Gasteiger partial charge is 0.295 e. The molecule has 0 aromatic heterocycles. The van der Waals surface area contributed by atoms with Crippen LogP contribution in [-0.2, 0) is 9.59 Å². The highest BCUT2D eigenvalue weighted by Crippen LogP contribution is 2.40. The number of carbonyl (C=O) groups is 2. The van der Waals surface area contributed by atoms with Crippen molar-refractivity contribution >= 4 is 17.4 Å². The molecule has 32 heavy (non-hydrogen) atoms. The molecule has 3 rings (SSSR count). The van der Waals surface area contributed by atoms with Crippen LogP contribution in [0, 0.1) is 0 Å². The van der Waals surface area contributed by atoms with E-state index in [-0.39, 0.29) is 17.4 Å². The molecule has 0 spiro atoms. The number of likely N-dealkylation sites (tertiary alicyclic amines) is 1. The molecule has 0 radical (unpaired) electrons. The van der Waals surface area contributed by atoms with Gasteiger partial charge in [0, 0.05) is 18.7 Å². The molecule has 1 amide bonds. The van der Waals surface area contributed by atoms with E-state index in [1.165, 1.54) is 4.90 Å². The van der Waals surface area contributed by atoms with E-state index < -0.39 is 17.7 Å². The Bertz CT molecular complexity index is 1010. The lowest BCUT2D eigenvalue weighted by molar-refractivity contribution is -0.140. The van der Waals surface area contributed by atoms with Gasteiger partial charge in [-0.3, -0.25) is 9.59 Å². The summed E-state index contributed by atoms with van der Waals surface area (Å²) in [7, 11) is 5.36. The molecule has 2 aromatic carbocycles. The summed E-state index contributed by atoms with van der Waals surface area (Å²) in [5.74, 6) is -0.264. The highest BCUT2D eigenvalue weighted by Gasteiger charge is 2.46. The van der Waals surface area contributed by atoms with Crippen molar-refractivity contribution in [2.75, 3.05) is 34.3 Å². The van der Waals surface area contributed by atoms with Crippen molar-refractivity contribution in [1.82, 2.24) is 9.80 Å². The summed E-state index contributed by atoms with van der Waals surface area (Å²) >= 11 is 0. The number of aliphatic hydroxyl groups excluding tert-OH is 1. The number of Topliss-reactive ketones (excluding diaryl/α,β-unsaturated/α-hetero) is 1. The molecule has 1 N–H and O–H groups in total. The predicted molar refractivity (Wildman–Crippen MR) is 123 cm³/mol. The Kier molecular flexibility index (Phi) is 7.20. The first-order chi connectivity index (χ1) is 15.2. The molecule has 1 heterocycles. The predicted octanol–water partition coefficient (Wildman–Crippen LogP) is 3.47. The van der Waals surface area contributed by atoms with Crippen molar-refractivity contribution in [2.24, 2.45) is 0 Å². The van der Waals surface area contributed by atoms with Crippen LogP contribution in [0.1, 0.15) is 31.0 Å². The largest absolute Gasteiger partial charge is 0.507 e. The van der Waals surface area contributed by atoms with Crippen LogP contribution < -0.4 is 9.47 Å². The number of hydrogen-bond acceptors (Lipinski definition) is 6. The van der Waals surface area contributed by atoms with Crippen molar-refractivity contribution < 1.29 is 24.2 Å². The maximum absolute atomic E-state index is 13.0. The first-order valence-electron chi connectivity index (χ1n) is 10.6. The molecular weight excluding hydrogens is 408 g/mol. The number of carbonyl (C=O) groups excluding carboxylic acids is 2. The van der Waals surface area contributed by atoms with Gasteiger partial charge in [-0.1, -0.05) is 12.1 Å². The minimum Gasteiger partial charge on any atom is -0.507 e. The van der Waals surface area contributed by atoms with Gasteiger partial charge in [0.2, 0.25) is 0 Å². The number of methoxy groups -OCH3 is 1. The van der Waals surface area contributed by atoms with E-state index in [4.69, 9.17) is 9.47 Å². The fourth-order valence-corrected chi connectivity index (χ4v) is 3.70. The highest BCUT2D eigenvalue weighted by atomic mass is 16.5. The summed E-state index contributed by atoms with van der Waals surface area (Å²) in [5, 5.41) is 11.1. The summed E-state index contributed by atoms with van der Waals surface area (Å²) in [6.45, 7) is 4.78. The highest BCUT2D eigenvalue weighted by molar-refractivity contribution is 6.46. The van der Waals surface area contributed by atoms with Gasteiger partial charge < -0.3 is 24.4 Å². The second-order valence-electron chi connectivity index (χ2n) is 8.26. The standard InChI is InChI=1S/C25H30N2O5/c1-16(2)32-19-11-9-17(10-12-19)23(28)21-22(18-7-6-8-20(15-18)31-5)27(14-13-26(3)4)25(30)24(21)29/h6-12,15-16,22,28H,13-14H2,1-5H3/b23-21+/t22-/m1/s1. The monoisotopic (exact) mass is 438 g/mol. The summed E-state index contributed by atoms with van der Waals surface area (Å²) in [6.07, 6.45) is 0.0181. The molecule has 1 saturated heterocycles. The maximum Gasteiger partial charge on any atom is 0.295 e. The van der Waals surface area contributed by atoms with Crippen LogP contribution in [0.4, 0.5) is 0 Å². The van der Waals surface area contributed by atoms with Crippen LogP contribution in [-0.4, -0.2) is 67.0 Å². The Morgan fingerprint density at radius 3 is 2.38 bits per heavy atom. The minimum absolute atomic E-state index is 0.0181. The molecule has 7 heteroatoms. The zero-order chi connectivity index (χ0) is 23.4. The second-order valence-corrected chi connectivity index (χ2v) is 8.26. The third-order valence-electron chi connectivity index (χ3n) is 5.24. The number of ketones is 1. The number of rotatable bonds is 8. The van der Waals surface area contributed by atoms with Crippen LogP contribution in [0.2, 0.25) is 0 Å². The zero-order valence-corrected chi connectivity index (χ0v) is 19.2. The lowest BCUT2D eigenvalue weighted by Crippen LogP contribution is -2.35. The van der Waals surface area contributed by atoms with Crippen LogP contribution in [0.15, 0.2) is 54.1 Å². The van der Waals surface area contributed by atoms with Crippen LogP contribution in [0.5, 0.6) is 11.5 Å². The minimum atomic E-state index is -0.711. The molecule has 1 fully saturated rings. The number of ether oxygens (including phenoxy) is 2. The number of amides is 1. The number of benzene rings is 2. The molecular formula is C25H30N2O5. The Hall–Kier alpha value is -3.32. The molecule has 170 valence electrons. The van der Waals surface area contributed by atoms with Gasteiger partial charge in [-0.25, -0.2) is 0 Å². The first kappa shape index (κ1) is 23.3. The third-order valence-corrected chi connectivity index (χ3v) is 5.24. The number of likely N-dealkylation sites (N-methyl/N-ethyl adjacent to an activating group) is 1. The van der Waals surface area contributed by atoms with E-state index in [9.17, 15) is 14.7 Å². The van der Waals surface area contributed by atoms with E-state index in [2.05, 4.69) is 0 Å². The zero-order valence-electron chi connectivity index (χ0n) is 19.2. The van der Waals surface area contributed by atoms with Gasteiger partial charge in [0.25, 0.3) is 11.7 Å². The molecule has 0 aliphatic carbocycles. The van der Waals surface area contributed by atoms with Gasteiger partial charge in [0.15, 0.2) is 0 Å². The van der Waals surface area contributed by atoms with Crippen LogP contribution in [0.3, 0.4) is 0 Å². The maximum atomic E-state index is 13.0. The van der Waals surface area contributed by atoms with Crippen LogP contribution >= 0.6 is 0 Å². The van der Waals surface area contributed by atoms with Gasteiger partial charge >= 0.3 is 0 Å². The van der Waals surface area contributed by atoms with Gasteiger partial charge in [-0.05, 0) is 69.9 Å². The summed E-state index contributed by atoms with van der Waals surface area (Å²) in [4.78, 5) is 29.4. The van der Waals surface area contributed by atoms with Crippen molar-refractivity contribution in [3.05, 3.63) is 65.2 Å². The van der Waals surface area contributed by atoms with Crippen LogP contribution in [0.25, 0.3) is 5.76 Å². The third kappa shape index (κ3) is 4.94. The van der Waals surface area contributed by atoms with E-state index in [1.807, 2.05) is 38.9 Å². The fourth-order valence-electron chi connectivity index (χ4n) is 3.70. The molecule has 1 aliphatic rings.